The molecule has 1 fully saturated rings. The van der Waals surface area contributed by atoms with Crippen LogP contribution in [-0.2, 0) is 4.79 Å². The van der Waals surface area contributed by atoms with Crippen molar-refractivity contribution < 1.29 is 14.0 Å². The first-order valence-electron chi connectivity index (χ1n) is 8.33. The number of carbonyl (C=O) groups is 2. The summed E-state index contributed by atoms with van der Waals surface area (Å²) < 4.78 is 5.74. The highest BCUT2D eigenvalue weighted by Crippen LogP contribution is 2.23. The zero-order valence-electron chi connectivity index (χ0n) is 14.4. The van der Waals surface area contributed by atoms with Gasteiger partial charge in [0.2, 0.25) is 17.6 Å². The maximum absolute atomic E-state index is 12.8. The maximum Gasteiger partial charge on any atom is 0.291 e. The van der Waals surface area contributed by atoms with Crippen LogP contribution in [0.15, 0.2) is 34.7 Å². The minimum absolute atomic E-state index is 0.168. The number of nitrogens with zero attached hydrogens (tertiary/aromatic N) is 3. The Labute approximate surface area is 146 Å². The van der Waals surface area contributed by atoms with E-state index in [1.807, 2.05) is 35.2 Å². The molecule has 0 aliphatic carbocycles. The summed E-state index contributed by atoms with van der Waals surface area (Å²) in [6, 6.07) is 9.17. The minimum atomic E-state index is -0.349. The second-order valence-corrected chi connectivity index (χ2v) is 6.21. The van der Waals surface area contributed by atoms with E-state index in [4.69, 9.17) is 10.2 Å². The molecule has 0 unspecified atom stereocenters. The Morgan fingerprint density at radius 2 is 1.80 bits per heavy atom. The summed E-state index contributed by atoms with van der Waals surface area (Å²) in [4.78, 5) is 32.1. The average molecular weight is 342 g/mol. The van der Waals surface area contributed by atoms with Crippen LogP contribution in [0.3, 0.4) is 0 Å². The van der Waals surface area contributed by atoms with Gasteiger partial charge in [0.05, 0.1) is 11.7 Å². The summed E-state index contributed by atoms with van der Waals surface area (Å²) in [5, 5.41) is 0. The van der Waals surface area contributed by atoms with E-state index in [0.717, 1.165) is 5.56 Å². The highest BCUT2D eigenvalue weighted by molar-refractivity contribution is 5.93. The number of primary amides is 1. The molecule has 0 radical (unpaired) electrons. The monoisotopic (exact) mass is 342 g/mol. The number of aryl methyl sites for hydroxylation is 1. The van der Waals surface area contributed by atoms with Gasteiger partial charge in [-0.2, -0.15) is 0 Å². The third-order valence-corrected chi connectivity index (χ3v) is 4.57. The first-order chi connectivity index (χ1) is 12.0. The van der Waals surface area contributed by atoms with Gasteiger partial charge in [0.1, 0.15) is 0 Å². The predicted molar refractivity (Wildman–Crippen MR) is 92.8 cm³/mol. The molecule has 0 spiro atoms. The van der Waals surface area contributed by atoms with Gasteiger partial charge in [-0.25, -0.2) is 4.98 Å². The predicted octanol–water partition coefficient (Wildman–Crippen LogP) is 1.28. The van der Waals surface area contributed by atoms with Gasteiger partial charge in [-0.3, -0.25) is 14.5 Å². The summed E-state index contributed by atoms with van der Waals surface area (Å²) >= 11 is 0. The zero-order valence-corrected chi connectivity index (χ0v) is 14.4. The van der Waals surface area contributed by atoms with Gasteiger partial charge in [0.15, 0.2) is 0 Å². The molecule has 2 N–H and O–H groups in total. The van der Waals surface area contributed by atoms with Gasteiger partial charge in [0, 0.05) is 31.7 Å². The number of rotatable bonds is 4. The Kier molecular flexibility index (Phi) is 4.85. The van der Waals surface area contributed by atoms with Crippen LogP contribution in [0, 0.1) is 6.92 Å². The largest absolute Gasteiger partial charge is 0.431 e. The number of benzene rings is 1. The van der Waals surface area contributed by atoms with E-state index in [0.29, 0.717) is 37.8 Å². The van der Waals surface area contributed by atoms with Crippen LogP contribution in [0.2, 0.25) is 0 Å². The smallest absolute Gasteiger partial charge is 0.291 e. The summed E-state index contributed by atoms with van der Waals surface area (Å²) in [5.41, 5.74) is 6.76. The fourth-order valence-electron chi connectivity index (χ4n) is 2.93. The zero-order chi connectivity index (χ0) is 18.0. The summed E-state index contributed by atoms with van der Waals surface area (Å²) in [7, 11) is 0. The molecule has 0 bridgehead atoms. The molecule has 7 heteroatoms. The molecule has 2 heterocycles. The van der Waals surface area contributed by atoms with Crippen LogP contribution < -0.4 is 5.73 Å². The van der Waals surface area contributed by atoms with Gasteiger partial charge < -0.3 is 15.1 Å². The topological polar surface area (TPSA) is 92.7 Å². The molecule has 1 aliphatic rings. The first kappa shape index (κ1) is 17.2. The number of piperazine rings is 1. The lowest BCUT2D eigenvalue weighted by Crippen LogP contribution is -2.54. The van der Waals surface area contributed by atoms with Crippen LogP contribution in [0.1, 0.15) is 23.2 Å². The van der Waals surface area contributed by atoms with Crippen molar-refractivity contribution in [2.75, 3.05) is 26.2 Å². The second-order valence-electron chi connectivity index (χ2n) is 6.21. The molecular formula is C18H22N4O3. The van der Waals surface area contributed by atoms with E-state index in [1.54, 1.807) is 18.7 Å². The van der Waals surface area contributed by atoms with E-state index in [1.165, 1.54) is 0 Å². The fraction of sp³-hybridized carbons (Fsp3) is 0.389. The third-order valence-electron chi connectivity index (χ3n) is 4.57. The van der Waals surface area contributed by atoms with E-state index in [2.05, 4.69) is 4.98 Å². The summed E-state index contributed by atoms with van der Waals surface area (Å²) in [6.07, 6.45) is 0. The number of hydrogen-bond donors (Lipinski definition) is 1. The molecule has 25 heavy (non-hydrogen) atoms. The fourth-order valence-corrected chi connectivity index (χ4v) is 2.93. The van der Waals surface area contributed by atoms with Crippen molar-refractivity contribution in [1.29, 1.82) is 0 Å². The standard InChI is InChI=1S/C18H22N4O3/c1-12-15(25-17(20-12)14-6-4-3-5-7-14)18(24)22-10-8-21(9-11-22)13(2)16(19)23/h3-7,13H,8-11H2,1-2H3,(H2,19,23)/t13-/m0/s1. The molecule has 2 amide bonds. The lowest BCUT2D eigenvalue weighted by Gasteiger charge is -2.36. The Balaban J connectivity index is 1.70. The minimum Gasteiger partial charge on any atom is -0.431 e. The maximum atomic E-state index is 12.8. The van der Waals surface area contributed by atoms with E-state index in [-0.39, 0.29) is 23.6 Å². The highest BCUT2D eigenvalue weighted by Gasteiger charge is 2.29. The highest BCUT2D eigenvalue weighted by atomic mass is 16.4. The number of hydrogen-bond acceptors (Lipinski definition) is 5. The first-order valence-corrected chi connectivity index (χ1v) is 8.33. The van der Waals surface area contributed by atoms with Crippen molar-refractivity contribution in [3.63, 3.8) is 0 Å². The number of amides is 2. The van der Waals surface area contributed by atoms with E-state index in [9.17, 15) is 9.59 Å². The van der Waals surface area contributed by atoms with Gasteiger partial charge in [-0.15, -0.1) is 0 Å². The molecule has 1 aromatic carbocycles. The van der Waals surface area contributed by atoms with Crippen molar-refractivity contribution in [1.82, 2.24) is 14.8 Å². The van der Waals surface area contributed by atoms with Crippen molar-refractivity contribution in [2.45, 2.75) is 19.9 Å². The average Bonchev–Trinajstić information content (AvgIpc) is 3.03. The van der Waals surface area contributed by atoms with Crippen molar-refractivity contribution >= 4 is 11.8 Å². The Morgan fingerprint density at radius 1 is 1.16 bits per heavy atom. The molecule has 132 valence electrons. The molecule has 7 nitrogen and oxygen atoms in total. The third kappa shape index (κ3) is 3.56. The lowest BCUT2D eigenvalue weighted by atomic mass is 10.2. The van der Waals surface area contributed by atoms with Gasteiger partial charge in [-0.05, 0) is 26.0 Å². The van der Waals surface area contributed by atoms with Gasteiger partial charge in [0.25, 0.3) is 5.91 Å². The Morgan fingerprint density at radius 3 is 2.40 bits per heavy atom. The number of aromatic nitrogens is 1. The Bertz CT molecular complexity index is 764. The number of oxazole rings is 1. The lowest BCUT2D eigenvalue weighted by molar-refractivity contribution is -0.123. The van der Waals surface area contributed by atoms with Crippen molar-refractivity contribution in [3.8, 4) is 11.5 Å². The quantitative estimate of drug-likeness (QED) is 0.903. The number of carbonyl (C=O) groups excluding carboxylic acids is 2. The van der Waals surface area contributed by atoms with Crippen LogP contribution in [0.5, 0.6) is 0 Å². The molecule has 1 saturated heterocycles. The summed E-state index contributed by atoms with van der Waals surface area (Å²) in [6.45, 7) is 5.82. The molecule has 2 aromatic rings. The summed E-state index contributed by atoms with van der Waals surface area (Å²) in [5.74, 6) is 0.203. The van der Waals surface area contributed by atoms with E-state index < -0.39 is 0 Å². The molecular weight excluding hydrogens is 320 g/mol. The van der Waals surface area contributed by atoms with Crippen molar-refractivity contribution in [3.05, 3.63) is 41.8 Å². The Hall–Kier alpha value is -2.67. The molecule has 1 aliphatic heterocycles. The van der Waals surface area contributed by atoms with Gasteiger partial charge in [-0.1, -0.05) is 18.2 Å². The molecule has 1 atom stereocenters. The van der Waals surface area contributed by atoms with E-state index >= 15 is 0 Å². The van der Waals surface area contributed by atoms with Gasteiger partial charge >= 0.3 is 0 Å². The van der Waals surface area contributed by atoms with Crippen LogP contribution in [0.25, 0.3) is 11.5 Å². The van der Waals surface area contributed by atoms with Crippen LogP contribution in [0.4, 0.5) is 0 Å². The molecule has 0 saturated carbocycles. The normalized spacial score (nSPS) is 16.6. The SMILES string of the molecule is Cc1nc(-c2ccccc2)oc1C(=O)N1CCN([C@@H](C)C(N)=O)CC1. The van der Waals surface area contributed by atoms with Crippen molar-refractivity contribution in [2.24, 2.45) is 5.73 Å². The van der Waals surface area contributed by atoms with Crippen LogP contribution in [-0.4, -0.2) is 58.8 Å². The molecule has 1 aromatic heterocycles. The number of nitrogens with two attached hydrogens (primary N) is 1. The second kappa shape index (κ2) is 7.06. The van der Waals surface area contributed by atoms with Crippen LogP contribution >= 0.6 is 0 Å². The molecule has 3 rings (SSSR count).